The molecule has 1 aromatic rings. The van der Waals surface area contributed by atoms with E-state index in [-0.39, 0.29) is 34.3 Å². The van der Waals surface area contributed by atoms with Crippen LogP contribution in [0.15, 0.2) is 6.08 Å². The summed E-state index contributed by atoms with van der Waals surface area (Å²) in [7, 11) is 0. The Labute approximate surface area is 155 Å². The highest BCUT2D eigenvalue weighted by Gasteiger charge is 2.18. The molecule has 1 unspecified atom stereocenters. The van der Waals surface area contributed by atoms with Crippen LogP contribution in [-0.2, 0) is 0 Å². The minimum absolute atomic E-state index is 0.0941. The van der Waals surface area contributed by atoms with Gasteiger partial charge < -0.3 is 15.3 Å². The fraction of sp³-hybridized carbons (Fsp3) is 0.550. The molecule has 0 aliphatic heterocycles. The molecule has 0 aliphatic rings. The normalized spacial score (nSPS) is 12.6. The van der Waals surface area contributed by atoms with Gasteiger partial charge in [-0.1, -0.05) is 56.4 Å². The number of aliphatic hydroxyl groups is 1. The van der Waals surface area contributed by atoms with Gasteiger partial charge >= 0.3 is 0 Å². The van der Waals surface area contributed by atoms with Crippen molar-refractivity contribution >= 4 is 24.0 Å². The standard InChI is InChI=1S/C20H29ClO4/c1-14(12-22)10-8-6-4-3-5-7-9-11-16-19(24)17(13-23)15(2)18(21)20(16)25/h9,11,13-14,22,24-25H,3-8,10,12H2,1-2H3/b11-9+. The molecule has 4 nitrogen and oxygen atoms in total. The number of hydrogen-bond acceptors (Lipinski definition) is 4. The lowest BCUT2D eigenvalue weighted by Crippen LogP contribution is -1.99. The van der Waals surface area contributed by atoms with Crippen LogP contribution in [-0.4, -0.2) is 28.2 Å². The van der Waals surface area contributed by atoms with Gasteiger partial charge in [0.25, 0.3) is 0 Å². The summed E-state index contributed by atoms with van der Waals surface area (Å²) < 4.78 is 0. The van der Waals surface area contributed by atoms with Gasteiger partial charge in [-0.05, 0) is 37.7 Å². The molecule has 0 spiro atoms. The molecule has 1 rings (SSSR count). The van der Waals surface area contributed by atoms with Crippen molar-refractivity contribution in [1.82, 2.24) is 0 Å². The molecule has 0 bridgehead atoms. The third-order valence-corrected chi connectivity index (χ3v) is 4.95. The van der Waals surface area contributed by atoms with Gasteiger partial charge in [0.1, 0.15) is 11.5 Å². The molecule has 0 aromatic heterocycles. The van der Waals surface area contributed by atoms with Crippen LogP contribution in [0.1, 0.15) is 73.4 Å². The molecule has 5 heteroatoms. The minimum atomic E-state index is -0.233. The van der Waals surface area contributed by atoms with Gasteiger partial charge in [-0.3, -0.25) is 4.79 Å². The zero-order chi connectivity index (χ0) is 18.8. The Kier molecular flexibility index (Phi) is 9.61. The molecule has 3 N–H and O–H groups in total. The fourth-order valence-corrected chi connectivity index (χ4v) is 2.93. The lowest BCUT2D eigenvalue weighted by atomic mass is 10.0. The molecule has 1 atom stereocenters. The van der Waals surface area contributed by atoms with Crippen molar-refractivity contribution in [2.24, 2.45) is 5.92 Å². The summed E-state index contributed by atoms with van der Waals surface area (Å²) in [6.45, 7) is 3.91. The number of phenolic OH excluding ortho intramolecular Hbond substituents is 2. The van der Waals surface area contributed by atoms with Crippen LogP contribution in [0, 0.1) is 12.8 Å². The van der Waals surface area contributed by atoms with E-state index >= 15 is 0 Å². The molecule has 0 amide bonds. The molecular formula is C20H29ClO4. The van der Waals surface area contributed by atoms with E-state index in [1.165, 1.54) is 6.42 Å². The average molecular weight is 369 g/mol. The summed E-state index contributed by atoms with van der Waals surface area (Å²) in [6, 6.07) is 0. The van der Waals surface area contributed by atoms with Gasteiger partial charge in [0.15, 0.2) is 6.29 Å². The maximum absolute atomic E-state index is 11.1. The summed E-state index contributed by atoms with van der Waals surface area (Å²) in [4.78, 5) is 11.1. The number of aldehydes is 1. The second kappa shape index (κ2) is 11.2. The van der Waals surface area contributed by atoms with Crippen LogP contribution >= 0.6 is 11.6 Å². The number of aliphatic hydroxyl groups excluding tert-OH is 1. The van der Waals surface area contributed by atoms with E-state index in [4.69, 9.17) is 16.7 Å². The first-order valence-electron chi connectivity index (χ1n) is 8.90. The molecular weight excluding hydrogens is 340 g/mol. The van der Waals surface area contributed by atoms with E-state index in [0.717, 1.165) is 38.5 Å². The van der Waals surface area contributed by atoms with Gasteiger partial charge in [-0.25, -0.2) is 0 Å². The van der Waals surface area contributed by atoms with Gasteiger partial charge in [0, 0.05) is 6.61 Å². The van der Waals surface area contributed by atoms with Crippen molar-refractivity contribution in [3.05, 3.63) is 27.8 Å². The average Bonchev–Trinajstić information content (AvgIpc) is 2.61. The van der Waals surface area contributed by atoms with Crippen molar-refractivity contribution in [2.45, 2.75) is 58.8 Å². The fourth-order valence-electron chi connectivity index (χ4n) is 2.73. The first kappa shape index (κ1) is 21.5. The van der Waals surface area contributed by atoms with Crippen LogP contribution in [0.25, 0.3) is 6.08 Å². The lowest BCUT2D eigenvalue weighted by Gasteiger charge is -2.11. The van der Waals surface area contributed by atoms with Crippen LogP contribution in [0.2, 0.25) is 5.02 Å². The number of aromatic hydroxyl groups is 2. The van der Waals surface area contributed by atoms with Gasteiger partial charge in [0.05, 0.1) is 16.1 Å². The Bertz CT molecular complexity index is 596. The zero-order valence-electron chi connectivity index (χ0n) is 15.1. The van der Waals surface area contributed by atoms with E-state index in [1.54, 1.807) is 13.0 Å². The maximum atomic E-state index is 11.1. The Balaban J connectivity index is 2.45. The highest BCUT2D eigenvalue weighted by atomic mass is 35.5. The molecule has 0 saturated carbocycles. The van der Waals surface area contributed by atoms with Gasteiger partial charge in [0.2, 0.25) is 0 Å². The van der Waals surface area contributed by atoms with Crippen molar-refractivity contribution in [2.75, 3.05) is 6.61 Å². The van der Waals surface area contributed by atoms with E-state index in [1.807, 2.05) is 6.08 Å². The van der Waals surface area contributed by atoms with E-state index in [9.17, 15) is 15.0 Å². The van der Waals surface area contributed by atoms with Gasteiger partial charge in [-0.2, -0.15) is 0 Å². The lowest BCUT2D eigenvalue weighted by molar-refractivity contribution is 0.112. The van der Waals surface area contributed by atoms with Crippen molar-refractivity contribution in [3.63, 3.8) is 0 Å². The molecule has 0 aliphatic carbocycles. The summed E-state index contributed by atoms with van der Waals surface area (Å²) in [5.41, 5.74) is 0.676. The first-order chi connectivity index (χ1) is 11.9. The molecule has 0 saturated heterocycles. The molecule has 25 heavy (non-hydrogen) atoms. The molecule has 0 heterocycles. The number of hydrogen-bond donors (Lipinski definition) is 3. The van der Waals surface area contributed by atoms with Gasteiger partial charge in [-0.15, -0.1) is 0 Å². The first-order valence-corrected chi connectivity index (χ1v) is 9.28. The van der Waals surface area contributed by atoms with Crippen LogP contribution in [0.4, 0.5) is 0 Å². The van der Waals surface area contributed by atoms with Crippen molar-refractivity contribution in [1.29, 1.82) is 0 Å². The second-order valence-corrected chi connectivity index (χ2v) is 6.99. The molecule has 0 radical (unpaired) electrons. The third kappa shape index (κ3) is 6.37. The monoisotopic (exact) mass is 368 g/mol. The Hall–Kier alpha value is -1.52. The largest absolute Gasteiger partial charge is 0.506 e. The number of benzene rings is 1. The Morgan fingerprint density at radius 1 is 1.04 bits per heavy atom. The summed E-state index contributed by atoms with van der Waals surface area (Å²) in [5, 5.41) is 29.2. The van der Waals surface area contributed by atoms with Crippen LogP contribution in [0.3, 0.4) is 0 Å². The summed E-state index contributed by atoms with van der Waals surface area (Å²) >= 11 is 6.01. The van der Waals surface area contributed by atoms with Crippen molar-refractivity contribution < 1.29 is 20.1 Å². The highest BCUT2D eigenvalue weighted by molar-refractivity contribution is 6.33. The smallest absolute Gasteiger partial charge is 0.154 e. The number of phenols is 2. The predicted octanol–water partition coefficient (Wildman–Crippen LogP) is 5.24. The molecule has 0 fully saturated rings. The number of halogens is 1. The quantitative estimate of drug-likeness (QED) is 0.368. The highest BCUT2D eigenvalue weighted by Crippen LogP contribution is 2.40. The number of unbranched alkanes of at least 4 members (excludes halogenated alkanes) is 5. The number of carbonyl (C=O) groups excluding carboxylic acids is 1. The van der Waals surface area contributed by atoms with Crippen molar-refractivity contribution in [3.8, 4) is 11.5 Å². The maximum Gasteiger partial charge on any atom is 0.154 e. The zero-order valence-corrected chi connectivity index (χ0v) is 15.9. The summed E-state index contributed by atoms with van der Waals surface area (Å²) in [5.74, 6) is -0.0407. The predicted molar refractivity (Wildman–Crippen MR) is 103 cm³/mol. The van der Waals surface area contributed by atoms with E-state index < -0.39 is 0 Å². The molecule has 140 valence electrons. The Morgan fingerprint density at radius 2 is 1.68 bits per heavy atom. The number of rotatable bonds is 11. The number of allylic oxidation sites excluding steroid dienone is 1. The minimum Gasteiger partial charge on any atom is -0.506 e. The van der Waals surface area contributed by atoms with Crippen LogP contribution < -0.4 is 0 Å². The summed E-state index contributed by atoms with van der Waals surface area (Å²) in [6.07, 6.45) is 11.6. The topological polar surface area (TPSA) is 77.8 Å². The van der Waals surface area contributed by atoms with E-state index in [0.29, 0.717) is 17.8 Å². The van der Waals surface area contributed by atoms with E-state index in [2.05, 4.69) is 6.92 Å². The second-order valence-electron chi connectivity index (χ2n) is 6.62. The third-order valence-electron chi connectivity index (χ3n) is 4.49. The Morgan fingerprint density at radius 3 is 2.32 bits per heavy atom. The number of carbonyl (C=O) groups is 1. The SMILES string of the molecule is Cc1c(Cl)c(O)c(/C=C/CCCCCCCC(C)CO)c(O)c1C=O. The van der Waals surface area contributed by atoms with Crippen LogP contribution in [0.5, 0.6) is 11.5 Å². The molecule has 1 aromatic carbocycles.